The number of hydrogen-bond acceptors (Lipinski definition) is 3. The second-order valence-electron chi connectivity index (χ2n) is 2.83. The highest BCUT2D eigenvalue weighted by Crippen LogP contribution is 2.29. The Morgan fingerprint density at radius 3 is 2.67 bits per heavy atom. The number of carbonyl (C=O) groups excluding carboxylic acids is 1. The van der Waals surface area contributed by atoms with Gasteiger partial charge in [0.05, 0.1) is 24.2 Å². The van der Waals surface area contributed by atoms with Crippen molar-refractivity contribution in [2.75, 3.05) is 14.2 Å². The molecular formula is C10H10BrIO3. The van der Waals surface area contributed by atoms with Crippen molar-refractivity contribution in [1.29, 1.82) is 0 Å². The second kappa shape index (κ2) is 5.69. The van der Waals surface area contributed by atoms with E-state index < -0.39 is 0 Å². The van der Waals surface area contributed by atoms with Crippen molar-refractivity contribution >= 4 is 44.5 Å². The molecule has 5 heteroatoms. The van der Waals surface area contributed by atoms with Crippen LogP contribution < -0.4 is 4.74 Å². The van der Waals surface area contributed by atoms with Gasteiger partial charge >= 0.3 is 5.97 Å². The summed E-state index contributed by atoms with van der Waals surface area (Å²) in [5, 5.41) is 0. The smallest absolute Gasteiger partial charge is 0.310 e. The summed E-state index contributed by atoms with van der Waals surface area (Å²) < 4.78 is 11.6. The molecule has 0 heterocycles. The van der Waals surface area contributed by atoms with E-state index in [1.165, 1.54) is 7.11 Å². The van der Waals surface area contributed by atoms with Gasteiger partial charge in [-0.25, -0.2) is 0 Å². The third-order valence-corrected chi connectivity index (χ3v) is 3.46. The molecule has 0 saturated heterocycles. The lowest BCUT2D eigenvalue weighted by molar-refractivity contribution is -0.139. The van der Waals surface area contributed by atoms with Crippen LogP contribution in [-0.2, 0) is 16.0 Å². The molecule has 1 aromatic rings. The van der Waals surface area contributed by atoms with E-state index >= 15 is 0 Å². The fraction of sp³-hybridized carbons (Fsp3) is 0.300. The lowest BCUT2D eigenvalue weighted by Crippen LogP contribution is -2.05. The predicted octanol–water partition coefficient (Wildman–Crippen LogP) is 2.78. The molecule has 3 nitrogen and oxygen atoms in total. The molecule has 0 saturated carbocycles. The zero-order chi connectivity index (χ0) is 11.4. The molecule has 0 amide bonds. The van der Waals surface area contributed by atoms with Crippen molar-refractivity contribution in [2.24, 2.45) is 0 Å². The van der Waals surface area contributed by atoms with Gasteiger partial charge in [0.2, 0.25) is 0 Å². The molecule has 1 aromatic carbocycles. The average Bonchev–Trinajstić information content (AvgIpc) is 2.22. The molecule has 0 atom stereocenters. The van der Waals surface area contributed by atoms with Crippen molar-refractivity contribution in [3.63, 3.8) is 0 Å². The fourth-order valence-corrected chi connectivity index (χ4v) is 2.30. The summed E-state index contributed by atoms with van der Waals surface area (Å²) >= 11 is 5.55. The topological polar surface area (TPSA) is 35.5 Å². The van der Waals surface area contributed by atoms with Crippen LogP contribution in [0.25, 0.3) is 0 Å². The van der Waals surface area contributed by atoms with Gasteiger partial charge in [-0.15, -0.1) is 0 Å². The predicted molar refractivity (Wildman–Crippen MR) is 69.1 cm³/mol. The van der Waals surface area contributed by atoms with Crippen LogP contribution in [0, 0.1) is 3.57 Å². The summed E-state index contributed by atoms with van der Waals surface area (Å²) in [4.78, 5) is 11.1. The maximum Gasteiger partial charge on any atom is 0.310 e. The van der Waals surface area contributed by atoms with Crippen molar-refractivity contribution in [3.05, 3.63) is 25.7 Å². The van der Waals surface area contributed by atoms with Gasteiger partial charge < -0.3 is 9.47 Å². The SMILES string of the molecule is COC(=O)Cc1cc(I)c(OC)cc1Br. The highest BCUT2D eigenvalue weighted by Gasteiger charge is 2.10. The van der Waals surface area contributed by atoms with Gasteiger partial charge in [-0.05, 0) is 40.3 Å². The zero-order valence-electron chi connectivity index (χ0n) is 8.34. The van der Waals surface area contributed by atoms with Gasteiger partial charge in [0.1, 0.15) is 5.75 Å². The van der Waals surface area contributed by atoms with Crippen LogP contribution in [0.3, 0.4) is 0 Å². The molecular weight excluding hydrogens is 375 g/mol. The Morgan fingerprint density at radius 2 is 2.13 bits per heavy atom. The first-order valence-corrected chi connectivity index (χ1v) is 6.04. The van der Waals surface area contributed by atoms with E-state index in [4.69, 9.17) is 4.74 Å². The average molecular weight is 385 g/mol. The minimum absolute atomic E-state index is 0.253. The Balaban J connectivity index is 3.00. The maximum atomic E-state index is 11.1. The van der Waals surface area contributed by atoms with Crippen LogP contribution in [0.5, 0.6) is 5.75 Å². The van der Waals surface area contributed by atoms with Gasteiger partial charge in [0, 0.05) is 4.47 Å². The molecule has 0 aliphatic heterocycles. The first kappa shape index (κ1) is 12.8. The maximum absolute atomic E-state index is 11.1. The Kier molecular flexibility index (Phi) is 4.85. The number of benzene rings is 1. The standard InChI is InChI=1S/C10H10BrIO3/c1-14-9-5-7(11)6(3-8(9)12)4-10(13)15-2/h3,5H,4H2,1-2H3. The third-order valence-electron chi connectivity index (χ3n) is 1.88. The molecule has 0 fully saturated rings. The number of halogens is 2. The molecule has 0 unspecified atom stereocenters. The van der Waals surface area contributed by atoms with Crippen molar-refractivity contribution in [1.82, 2.24) is 0 Å². The largest absolute Gasteiger partial charge is 0.496 e. The second-order valence-corrected chi connectivity index (χ2v) is 4.85. The van der Waals surface area contributed by atoms with Gasteiger partial charge in [-0.1, -0.05) is 15.9 Å². The first-order valence-electron chi connectivity index (χ1n) is 4.17. The molecule has 15 heavy (non-hydrogen) atoms. The quantitative estimate of drug-likeness (QED) is 0.593. The first-order chi connectivity index (χ1) is 7.08. The van der Waals surface area contributed by atoms with E-state index in [-0.39, 0.29) is 12.4 Å². The summed E-state index contributed by atoms with van der Waals surface area (Å²) in [5.41, 5.74) is 0.895. The van der Waals surface area contributed by atoms with Crippen molar-refractivity contribution in [3.8, 4) is 5.75 Å². The number of methoxy groups -OCH3 is 2. The minimum Gasteiger partial charge on any atom is -0.496 e. The molecule has 0 radical (unpaired) electrons. The van der Waals surface area contributed by atoms with Crippen LogP contribution in [-0.4, -0.2) is 20.2 Å². The van der Waals surface area contributed by atoms with Gasteiger partial charge in [-0.2, -0.15) is 0 Å². The van der Waals surface area contributed by atoms with E-state index in [0.717, 1.165) is 19.4 Å². The number of hydrogen-bond donors (Lipinski definition) is 0. The lowest BCUT2D eigenvalue weighted by Gasteiger charge is -2.08. The fourth-order valence-electron chi connectivity index (χ4n) is 1.09. The highest BCUT2D eigenvalue weighted by molar-refractivity contribution is 14.1. The van der Waals surface area contributed by atoms with E-state index in [0.29, 0.717) is 0 Å². The number of rotatable bonds is 3. The number of carbonyl (C=O) groups is 1. The molecule has 1 rings (SSSR count). The Labute approximate surface area is 110 Å². The Morgan fingerprint density at radius 1 is 1.47 bits per heavy atom. The van der Waals surface area contributed by atoms with Crippen LogP contribution >= 0.6 is 38.5 Å². The van der Waals surface area contributed by atoms with E-state index in [2.05, 4.69) is 43.3 Å². The summed E-state index contributed by atoms with van der Waals surface area (Å²) in [6, 6.07) is 3.75. The summed E-state index contributed by atoms with van der Waals surface area (Å²) in [6.07, 6.45) is 0.261. The van der Waals surface area contributed by atoms with Crippen LogP contribution in [0.1, 0.15) is 5.56 Å². The normalized spacial score (nSPS) is 9.87. The Bertz CT molecular complexity index is 379. The van der Waals surface area contributed by atoms with E-state index in [1.54, 1.807) is 7.11 Å². The lowest BCUT2D eigenvalue weighted by atomic mass is 10.1. The number of esters is 1. The van der Waals surface area contributed by atoms with Crippen LogP contribution in [0.4, 0.5) is 0 Å². The monoisotopic (exact) mass is 384 g/mol. The Hall–Kier alpha value is -0.300. The van der Waals surface area contributed by atoms with Gasteiger partial charge in [-0.3, -0.25) is 4.79 Å². The molecule has 0 aliphatic rings. The zero-order valence-corrected chi connectivity index (χ0v) is 12.1. The molecule has 0 bridgehead atoms. The van der Waals surface area contributed by atoms with Crippen LogP contribution in [0.15, 0.2) is 16.6 Å². The summed E-state index contributed by atoms with van der Waals surface area (Å²) in [6.45, 7) is 0. The summed E-state index contributed by atoms with van der Waals surface area (Å²) in [7, 11) is 2.99. The third kappa shape index (κ3) is 3.34. The summed E-state index contributed by atoms with van der Waals surface area (Å²) in [5.74, 6) is 0.535. The minimum atomic E-state index is -0.253. The number of ether oxygens (including phenoxy) is 2. The molecule has 0 spiro atoms. The van der Waals surface area contributed by atoms with E-state index in [9.17, 15) is 4.79 Å². The molecule has 82 valence electrons. The highest BCUT2D eigenvalue weighted by atomic mass is 127. The van der Waals surface area contributed by atoms with Crippen molar-refractivity contribution in [2.45, 2.75) is 6.42 Å². The molecule has 0 aliphatic carbocycles. The van der Waals surface area contributed by atoms with Crippen LogP contribution in [0.2, 0.25) is 0 Å². The molecule has 0 aromatic heterocycles. The van der Waals surface area contributed by atoms with Gasteiger partial charge in [0.15, 0.2) is 0 Å². The van der Waals surface area contributed by atoms with Gasteiger partial charge in [0.25, 0.3) is 0 Å². The van der Waals surface area contributed by atoms with Crippen molar-refractivity contribution < 1.29 is 14.3 Å². The van der Waals surface area contributed by atoms with E-state index in [1.807, 2.05) is 12.1 Å². The molecule has 0 N–H and O–H groups in total.